The van der Waals surface area contributed by atoms with Gasteiger partial charge in [0.25, 0.3) is 0 Å². The van der Waals surface area contributed by atoms with E-state index in [0.717, 1.165) is 6.42 Å². The molecule has 0 aromatic heterocycles. The molecule has 2 nitrogen and oxygen atoms in total. The first-order valence-corrected chi connectivity index (χ1v) is 7.03. The minimum absolute atomic E-state index is 0.304. The predicted octanol–water partition coefficient (Wildman–Crippen LogP) is 3.24. The number of hydrogen-bond acceptors (Lipinski definition) is 2. The average molecular weight is 225 g/mol. The standard InChI is InChI=1S/C14H27NO/c1-11(9-12(2)15)10-13-5-8-14(16-13)6-3-4-7-14/h11-13H,3-10,15H2,1-2H3. The molecular formula is C14H27NO. The summed E-state index contributed by atoms with van der Waals surface area (Å²) in [6, 6.07) is 0.330. The van der Waals surface area contributed by atoms with Crippen LogP contribution in [0.5, 0.6) is 0 Å². The van der Waals surface area contributed by atoms with Gasteiger partial charge in [-0.25, -0.2) is 0 Å². The molecule has 2 heteroatoms. The van der Waals surface area contributed by atoms with Crippen LogP contribution in [0.15, 0.2) is 0 Å². The summed E-state index contributed by atoms with van der Waals surface area (Å²) in [4.78, 5) is 0. The molecule has 0 bridgehead atoms. The van der Waals surface area contributed by atoms with Crippen LogP contribution in [0.3, 0.4) is 0 Å². The van der Waals surface area contributed by atoms with E-state index < -0.39 is 0 Å². The summed E-state index contributed by atoms with van der Waals surface area (Å²) in [7, 11) is 0. The molecule has 0 aromatic rings. The fraction of sp³-hybridized carbons (Fsp3) is 1.00. The van der Waals surface area contributed by atoms with E-state index in [1.807, 2.05) is 0 Å². The Morgan fingerprint density at radius 3 is 2.56 bits per heavy atom. The van der Waals surface area contributed by atoms with Crippen molar-refractivity contribution in [3.05, 3.63) is 0 Å². The maximum atomic E-state index is 6.32. The summed E-state index contributed by atoms with van der Waals surface area (Å²) >= 11 is 0. The Kier molecular flexibility index (Phi) is 3.91. The van der Waals surface area contributed by atoms with Crippen molar-refractivity contribution in [3.8, 4) is 0 Å². The maximum Gasteiger partial charge on any atom is 0.0687 e. The van der Waals surface area contributed by atoms with Crippen LogP contribution in [0, 0.1) is 5.92 Å². The molecule has 1 heterocycles. The van der Waals surface area contributed by atoms with E-state index in [-0.39, 0.29) is 0 Å². The zero-order valence-corrected chi connectivity index (χ0v) is 10.9. The van der Waals surface area contributed by atoms with Crippen molar-refractivity contribution in [1.82, 2.24) is 0 Å². The highest BCUT2D eigenvalue weighted by molar-refractivity contribution is 4.93. The van der Waals surface area contributed by atoms with E-state index in [1.54, 1.807) is 0 Å². The fourth-order valence-corrected chi connectivity index (χ4v) is 3.63. The Morgan fingerprint density at radius 2 is 1.94 bits per heavy atom. The molecule has 1 spiro atoms. The van der Waals surface area contributed by atoms with Crippen LogP contribution in [0.1, 0.15) is 65.2 Å². The van der Waals surface area contributed by atoms with Gasteiger partial charge in [0, 0.05) is 6.04 Å². The summed E-state index contributed by atoms with van der Waals surface area (Å²) in [6.45, 7) is 4.41. The second-order valence-corrected chi connectivity index (χ2v) is 6.22. The molecule has 1 saturated heterocycles. The lowest BCUT2D eigenvalue weighted by molar-refractivity contribution is -0.0438. The summed E-state index contributed by atoms with van der Waals surface area (Å²) in [5.41, 5.74) is 6.15. The number of nitrogens with two attached hydrogens (primary N) is 1. The van der Waals surface area contributed by atoms with E-state index in [4.69, 9.17) is 10.5 Å². The van der Waals surface area contributed by atoms with Crippen molar-refractivity contribution in [2.24, 2.45) is 11.7 Å². The maximum absolute atomic E-state index is 6.32. The molecule has 1 saturated carbocycles. The van der Waals surface area contributed by atoms with E-state index in [9.17, 15) is 0 Å². The first kappa shape index (κ1) is 12.4. The van der Waals surface area contributed by atoms with Crippen molar-refractivity contribution in [3.63, 3.8) is 0 Å². The summed E-state index contributed by atoms with van der Waals surface area (Å²) in [5, 5.41) is 0. The molecule has 1 aliphatic carbocycles. The summed E-state index contributed by atoms with van der Waals surface area (Å²) in [6.07, 6.45) is 10.8. The van der Waals surface area contributed by atoms with Crippen molar-refractivity contribution in [2.45, 2.75) is 83.0 Å². The average Bonchev–Trinajstić information content (AvgIpc) is 2.76. The van der Waals surface area contributed by atoms with Crippen molar-refractivity contribution in [1.29, 1.82) is 0 Å². The van der Waals surface area contributed by atoms with Gasteiger partial charge in [0.1, 0.15) is 0 Å². The molecule has 2 fully saturated rings. The van der Waals surface area contributed by atoms with Crippen molar-refractivity contribution in [2.75, 3.05) is 0 Å². The van der Waals surface area contributed by atoms with Crippen LogP contribution in [0.4, 0.5) is 0 Å². The molecule has 0 radical (unpaired) electrons. The Labute approximate surface area is 99.9 Å². The smallest absolute Gasteiger partial charge is 0.0687 e. The first-order valence-electron chi connectivity index (χ1n) is 7.03. The molecule has 2 rings (SSSR count). The molecule has 1 aliphatic heterocycles. The highest BCUT2D eigenvalue weighted by Crippen LogP contribution is 2.44. The highest BCUT2D eigenvalue weighted by atomic mass is 16.5. The van der Waals surface area contributed by atoms with Crippen LogP contribution < -0.4 is 5.73 Å². The van der Waals surface area contributed by atoms with Gasteiger partial charge in [-0.1, -0.05) is 19.8 Å². The van der Waals surface area contributed by atoms with Crippen LogP contribution in [-0.2, 0) is 4.74 Å². The van der Waals surface area contributed by atoms with E-state index in [0.29, 0.717) is 23.7 Å². The number of ether oxygens (including phenoxy) is 1. The second-order valence-electron chi connectivity index (χ2n) is 6.22. The molecule has 0 aromatic carbocycles. The minimum atomic E-state index is 0.304. The lowest BCUT2D eigenvalue weighted by Crippen LogP contribution is -2.26. The molecule has 16 heavy (non-hydrogen) atoms. The third-order valence-corrected chi connectivity index (χ3v) is 4.29. The first-order chi connectivity index (χ1) is 7.60. The Hall–Kier alpha value is -0.0800. The van der Waals surface area contributed by atoms with Gasteiger partial charge in [0.15, 0.2) is 0 Å². The summed E-state index contributed by atoms with van der Waals surface area (Å²) < 4.78 is 6.32. The van der Waals surface area contributed by atoms with E-state index in [1.165, 1.54) is 44.9 Å². The van der Waals surface area contributed by atoms with Crippen LogP contribution >= 0.6 is 0 Å². The van der Waals surface area contributed by atoms with Crippen molar-refractivity contribution >= 4 is 0 Å². The largest absolute Gasteiger partial charge is 0.372 e. The quantitative estimate of drug-likeness (QED) is 0.797. The lowest BCUT2D eigenvalue weighted by Gasteiger charge is -2.25. The zero-order chi connectivity index (χ0) is 11.6. The molecule has 2 N–H and O–H groups in total. The summed E-state index contributed by atoms with van der Waals surface area (Å²) in [5.74, 6) is 0.710. The molecule has 94 valence electrons. The molecule has 2 aliphatic rings. The fourth-order valence-electron chi connectivity index (χ4n) is 3.63. The number of rotatable bonds is 4. The Morgan fingerprint density at radius 1 is 1.25 bits per heavy atom. The molecule has 0 amide bonds. The van der Waals surface area contributed by atoms with Gasteiger partial charge >= 0.3 is 0 Å². The molecular weight excluding hydrogens is 198 g/mol. The SMILES string of the molecule is CC(N)CC(C)CC1CCC2(CCCC2)O1. The van der Waals surface area contributed by atoms with Gasteiger partial charge in [0.2, 0.25) is 0 Å². The molecule has 3 unspecified atom stereocenters. The second kappa shape index (κ2) is 5.05. The zero-order valence-electron chi connectivity index (χ0n) is 10.9. The van der Waals surface area contributed by atoms with Gasteiger partial charge in [-0.05, 0) is 51.4 Å². The van der Waals surface area contributed by atoms with Gasteiger partial charge < -0.3 is 10.5 Å². The van der Waals surface area contributed by atoms with Crippen molar-refractivity contribution < 1.29 is 4.74 Å². The third kappa shape index (κ3) is 2.98. The van der Waals surface area contributed by atoms with Gasteiger partial charge in [-0.15, -0.1) is 0 Å². The van der Waals surface area contributed by atoms with E-state index in [2.05, 4.69) is 13.8 Å². The predicted molar refractivity (Wildman–Crippen MR) is 67.4 cm³/mol. The number of hydrogen-bond donors (Lipinski definition) is 1. The minimum Gasteiger partial charge on any atom is -0.372 e. The van der Waals surface area contributed by atoms with Crippen LogP contribution in [-0.4, -0.2) is 17.7 Å². The monoisotopic (exact) mass is 225 g/mol. The van der Waals surface area contributed by atoms with Crippen LogP contribution in [0.2, 0.25) is 0 Å². The normalized spacial score (nSPS) is 32.1. The van der Waals surface area contributed by atoms with Crippen LogP contribution in [0.25, 0.3) is 0 Å². The van der Waals surface area contributed by atoms with Gasteiger partial charge in [0.05, 0.1) is 11.7 Å². The topological polar surface area (TPSA) is 35.2 Å². The van der Waals surface area contributed by atoms with Gasteiger partial charge in [-0.3, -0.25) is 0 Å². The Bertz CT molecular complexity index is 221. The Balaban J connectivity index is 1.76. The van der Waals surface area contributed by atoms with E-state index >= 15 is 0 Å². The highest BCUT2D eigenvalue weighted by Gasteiger charge is 2.42. The third-order valence-electron chi connectivity index (χ3n) is 4.29. The lowest BCUT2D eigenvalue weighted by atomic mass is 9.94. The van der Waals surface area contributed by atoms with Gasteiger partial charge in [-0.2, -0.15) is 0 Å². The molecule has 3 atom stereocenters.